The van der Waals surface area contributed by atoms with Crippen LogP contribution in [-0.4, -0.2) is 10.9 Å². The lowest BCUT2D eigenvalue weighted by atomic mass is 10.2. The van der Waals surface area contributed by atoms with Crippen molar-refractivity contribution in [3.8, 4) is 6.07 Å². The molecule has 0 aliphatic rings. The summed E-state index contributed by atoms with van der Waals surface area (Å²) in [5.74, 6) is -0.423. The van der Waals surface area contributed by atoms with E-state index in [1.54, 1.807) is 18.2 Å². The third kappa shape index (κ3) is 3.22. The summed E-state index contributed by atoms with van der Waals surface area (Å²) in [4.78, 5) is 15.8. The second-order valence-corrected chi connectivity index (χ2v) is 4.47. The molecule has 0 saturated heterocycles. The Bertz CT molecular complexity index is 663. The number of nitrogens with one attached hydrogen (secondary N) is 1. The molecule has 19 heavy (non-hydrogen) atoms. The first-order valence-corrected chi connectivity index (χ1v) is 5.98. The number of pyridine rings is 1. The molecule has 0 radical (unpaired) electrons. The molecular weight excluding hydrogens is 285 g/mol. The monoisotopic (exact) mass is 291 g/mol. The molecule has 0 atom stereocenters. The van der Waals surface area contributed by atoms with E-state index in [1.807, 2.05) is 6.07 Å². The second-order valence-electron chi connectivity index (χ2n) is 3.62. The van der Waals surface area contributed by atoms with Crippen LogP contribution in [0.25, 0.3) is 0 Å². The highest BCUT2D eigenvalue weighted by atomic mass is 35.5. The Labute approximate surface area is 119 Å². The van der Waals surface area contributed by atoms with Gasteiger partial charge in [0.1, 0.15) is 5.69 Å². The largest absolute Gasteiger partial charge is 0.319 e. The number of amides is 1. The molecule has 4 nitrogen and oxygen atoms in total. The first-order valence-electron chi connectivity index (χ1n) is 5.22. The Hall–Kier alpha value is -2.09. The normalized spacial score (nSPS) is 9.74. The van der Waals surface area contributed by atoms with Crippen molar-refractivity contribution in [1.82, 2.24) is 4.98 Å². The van der Waals surface area contributed by atoms with E-state index in [9.17, 15) is 4.79 Å². The first kappa shape index (κ1) is 13.3. The van der Waals surface area contributed by atoms with Gasteiger partial charge in [0.25, 0.3) is 5.91 Å². The van der Waals surface area contributed by atoms with E-state index in [2.05, 4.69) is 10.3 Å². The van der Waals surface area contributed by atoms with Crippen molar-refractivity contribution in [3.05, 3.63) is 57.8 Å². The van der Waals surface area contributed by atoms with Gasteiger partial charge in [0.15, 0.2) is 0 Å². The summed E-state index contributed by atoms with van der Waals surface area (Å²) in [6, 6.07) is 9.65. The van der Waals surface area contributed by atoms with Crippen LogP contribution in [-0.2, 0) is 0 Å². The topological polar surface area (TPSA) is 65.8 Å². The first-order chi connectivity index (χ1) is 9.10. The van der Waals surface area contributed by atoms with E-state index >= 15 is 0 Å². The molecule has 2 aromatic rings. The molecule has 1 aromatic carbocycles. The fourth-order valence-electron chi connectivity index (χ4n) is 1.39. The zero-order valence-corrected chi connectivity index (χ0v) is 11.0. The van der Waals surface area contributed by atoms with Crippen molar-refractivity contribution in [2.45, 2.75) is 0 Å². The molecule has 0 unspecified atom stereocenters. The summed E-state index contributed by atoms with van der Waals surface area (Å²) in [6.45, 7) is 0. The number of hydrogen-bond acceptors (Lipinski definition) is 3. The Morgan fingerprint density at radius 3 is 2.68 bits per heavy atom. The van der Waals surface area contributed by atoms with Crippen LogP contribution in [0, 0.1) is 11.3 Å². The summed E-state index contributed by atoms with van der Waals surface area (Å²) >= 11 is 11.6. The maximum atomic E-state index is 11.9. The molecule has 1 aromatic heterocycles. The minimum absolute atomic E-state index is 0.211. The molecule has 0 aliphatic heterocycles. The fourth-order valence-corrected chi connectivity index (χ4v) is 1.66. The molecular formula is C13H7Cl2N3O. The molecule has 0 spiro atoms. The summed E-state index contributed by atoms with van der Waals surface area (Å²) in [7, 11) is 0. The van der Waals surface area contributed by atoms with Gasteiger partial charge in [0, 0.05) is 6.20 Å². The molecule has 94 valence electrons. The smallest absolute Gasteiger partial charge is 0.274 e. The molecule has 1 N–H and O–H groups in total. The lowest BCUT2D eigenvalue weighted by Gasteiger charge is -2.07. The van der Waals surface area contributed by atoms with E-state index in [-0.39, 0.29) is 5.69 Å². The van der Waals surface area contributed by atoms with Crippen LogP contribution in [0.15, 0.2) is 36.5 Å². The van der Waals surface area contributed by atoms with Gasteiger partial charge < -0.3 is 5.32 Å². The molecule has 0 saturated carbocycles. The van der Waals surface area contributed by atoms with Crippen molar-refractivity contribution >= 4 is 34.8 Å². The van der Waals surface area contributed by atoms with Crippen LogP contribution in [0.3, 0.4) is 0 Å². The van der Waals surface area contributed by atoms with Crippen LogP contribution in [0.5, 0.6) is 0 Å². The highest BCUT2D eigenvalue weighted by Gasteiger charge is 2.10. The van der Waals surface area contributed by atoms with Crippen molar-refractivity contribution in [1.29, 1.82) is 5.26 Å². The van der Waals surface area contributed by atoms with Gasteiger partial charge in [-0.15, -0.1) is 0 Å². The number of hydrogen-bond donors (Lipinski definition) is 1. The van der Waals surface area contributed by atoms with Gasteiger partial charge in [0.05, 0.1) is 27.4 Å². The van der Waals surface area contributed by atoms with Crippen molar-refractivity contribution < 1.29 is 4.79 Å². The second kappa shape index (κ2) is 5.70. The van der Waals surface area contributed by atoms with Gasteiger partial charge in [0.2, 0.25) is 0 Å². The Balaban J connectivity index is 2.24. The lowest BCUT2D eigenvalue weighted by molar-refractivity contribution is 0.102. The van der Waals surface area contributed by atoms with E-state index in [0.717, 1.165) is 0 Å². The predicted octanol–water partition coefficient (Wildman–Crippen LogP) is 3.51. The van der Waals surface area contributed by atoms with Crippen LogP contribution < -0.4 is 5.32 Å². The number of anilines is 1. The zero-order chi connectivity index (χ0) is 13.8. The quantitative estimate of drug-likeness (QED) is 0.921. The lowest BCUT2D eigenvalue weighted by Crippen LogP contribution is -2.13. The van der Waals surface area contributed by atoms with Gasteiger partial charge >= 0.3 is 0 Å². The SMILES string of the molecule is N#Cc1ccc(Cl)c(NC(=O)c2ccc(Cl)cn2)c1. The summed E-state index contributed by atoms with van der Waals surface area (Å²) in [5.41, 5.74) is 0.981. The molecule has 6 heteroatoms. The summed E-state index contributed by atoms with van der Waals surface area (Å²) in [6.07, 6.45) is 1.38. The minimum Gasteiger partial charge on any atom is -0.319 e. The van der Waals surface area contributed by atoms with E-state index in [0.29, 0.717) is 21.3 Å². The zero-order valence-electron chi connectivity index (χ0n) is 9.52. The van der Waals surface area contributed by atoms with Crippen molar-refractivity contribution in [2.75, 3.05) is 5.32 Å². The standard InChI is InChI=1S/C13H7Cl2N3O/c14-9-2-4-11(17-7-9)13(19)18-12-5-8(6-16)1-3-10(12)15/h1-5,7H,(H,18,19). The number of rotatable bonds is 2. The molecule has 0 aliphatic carbocycles. The summed E-state index contributed by atoms with van der Waals surface area (Å²) in [5, 5.41) is 12.2. The van der Waals surface area contributed by atoms with E-state index in [4.69, 9.17) is 28.5 Å². The van der Waals surface area contributed by atoms with Gasteiger partial charge in [-0.3, -0.25) is 4.79 Å². The van der Waals surface area contributed by atoms with E-state index < -0.39 is 5.91 Å². The van der Waals surface area contributed by atoms with Crippen molar-refractivity contribution in [3.63, 3.8) is 0 Å². The number of halogens is 2. The maximum absolute atomic E-state index is 11.9. The van der Waals surface area contributed by atoms with Crippen LogP contribution in [0.1, 0.15) is 16.1 Å². The number of nitriles is 1. The molecule has 2 rings (SSSR count). The molecule has 1 amide bonds. The minimum atomic E-state index is -0.423. The van der Waals surface area contributed by atoms with Crippen molar-refractivity contribution in [2.24, 2.45) is 0 Å². The number of aromatic nitrogens is 1. The predicted molar refractivity (Wildman–Crippen MR) is 73.4 cm³/mol. The highest BCUT2D eigenvalue weighted by molar-refractivity contribution is 6.34. The number of benzene rings is 1. The van der Waals surface area contributed by atoms with Crippen LogP contribution >= 0.6 is 23.2 Å². The number of nitrogens with zero attached hydrogens (tertiary/aromatic N) is 2. The molecule has 0 bridgehead atoms. The Morgan fingerprint density at radius 2 is 2.05 bits per heavy atom. The van der Waals surface area contributed by atoms with Gasteiger partial charge in [-0.1, -0.05) is 23.2 Å². The number of carbonyl (C=O) groups is 1. The van der Waals surface area contributed by atoms with E-state index in [1.165, 1.54) is 18.3 Å². The molecule has 1 heterocycles. The fraction of sp³-hybridized carbons (Fsp3) is 0. The van der Waals surface area contributed by atoms with Gasteiger partial charge in [-0.2, -0.15) is 5.26 Å². The highest BCUT2D eigenvalue weighted by Crippen LogP contribution is 2.23. The third-order valence-electron chi connectivity index (χ3n) is 2.30. The average molecular weight is 292 g/mol. The Kier molecular flexibility index (Phi) is 4.00. The van der Waals surface area contributed by atoms with Crippen LogP contribution in [0.4, 0.5) is 5.69 Å². The third-order valence-corrected chi connectivity index (χ3v) is 2.86. The number of carbonyl (C=O) groups excluding carboxylic acids is 1. The van der Waals surface area contributed by atoms with Crippen LogP contribution in [0.2, 0.25) is 10.0 Å². The maximum Gasteiger partial charge on any atom is 0.274 e. The summed E-state index contributed by atoms with van der Waals surface area (Å²) < 4.78 is 0. The van der Waals surface area contributed by atoms with Gasteiger partial charge in [-0.25, -0.2) is 4.98 Å². The Morgan fingerprint density at radius 1 is 1.26 bits per heavy atom. The average Bonchev–Trinajstić information content (AvgIpc) is 2.42. The van der Waals surface area contributed by atoms with Gasteiger partial charge in [-0.05, 0) is 30.3 Å². The molecule has 0 fully saturated rings.